The Balaban J connectivity index is 1.34. The van der Waals surface area contributed by atoms with Crippen LogP contribution in [-0.4, -0.2) is 47.3 Å². The molecule has 1 aromatic heterocycles. The maximum absolute atomic E-state index is 12.5. The molecule has 29 heavy (non-hydrogen) atoms. The Labute approximate surface area is 175 Å². The molecule has 4 rings (SSSR count). The number of nitrogens with zero attached hydrogens (tertiary/aromatic N) is 4. The Hall–Kier alpha value is -3.12. The van der Waals surface area contributed by atoms with Gasteiger partial charge in [0.05, 0.1) is 5.69 Å². The summed E-state index contributed by atoms with van der Waals surface area (Å²) >= 11 is 6.14. The summed E-state index contributed by atoms with van der Waals surface area (Å²) in [6.45, 7) is 4.59. The maximum atomic E-state index is 12.5. The lowest BCUT2D eigenvalue weighted by Crippen LogP contribution is -2.50. The third kappa shape index (κ3) is 4.49. The minimum atomic E-state index is -0.116. The van der Waals surface area contributed by atoms with Gasteiger partial charge in [-0.05, 0) is 36.8 Å². The van der Waals surface area contributed by atoms with E-state index in [4.69, 9.17) is 11.6 Å². The molecule has 0 aliphatic carbocycles. The third-order valence-corrected chi connectivity index (χ3v) is 5.44. The van der Waals surface area contributed by atoms with E-state index in [0.29, 0.717) is 36.9 Å². The summed E-state index contributed by atoms with van der Waals surface area (Å²) in [4.78, 5) is 16.5. The van der Waals surface area contributed by atoms with Crippen LogP contribution in [-0.2, 0) is 0 Å². The van der Waals surface area contributed by atoms with Gasteiger partial charge in [0.25, 0.3) is 0 Å². The van der Waals surface area contributed by atoms with Crippen molar-refractivity contribution in [3.63, 3.8) is 0 Å². The fourth-order valence-electron chi connectivity index (χ4n) is 3.27. The lowest BCUT2D eigenvalue weighted by atomic mass is 10.1. The molecule has 148 valence electrons. The number of aryl methyl sites for hydroxylation is 1. The standard InChI is InChI=1S/C22H22ClN5O/c1-16-7-8-18(15-19(16)23)24-22(29)28-13-11-27(12-14-28)21-10-9-20(25-26-21)17-5-3-2-4-6-17/h2-10,15H,11-14H2,1H3,(H,24,29). The van der Waals surface area contributed by atoms with E-state index >= 15 is 0 Å². The van der Waals surface area contributed by atoms with Crippen molar-refractivity contribution in [1.29, 1.82) is 0 Å². The second-order valence-corrected chi connectivity index (χ2v) is 7.42. The van der Waals surface area contributed by atoms with E-state index in [1.807, 2.05) is 61.5 Å². The van der Waals surface area contributed by atoms with Crippen LogP contribution in [0, 0.1) is 6.92 Å². The highest BCUT2D eigenvalue weighted by Gasteiger charge is 2.22. The molecule has 1 fully saturated rings. The van der Waals surface area contributed by atoms with Gasteiger partial charge in [-0.2, -0.15) is 0 Å². The van der Waals surface area contributed by atoms with Crippen LogP contribution in [0.3, 0.4) is 0 Å². The molecule has 0 saturated carbocycles. The molecule has 2 amide bonds. The SMILES string of the molecule is Cc1ccc(NC(=O)N2CCN(c3ccc(-c4ccccc4)nn3)CC2)cc1Cl. The maximum Gasteiger partial charge on any atom is 0.321 e. The van der Waals surface area contributed by atoms with E-state index in [-0.39, 0.29) is 6.03 Å². The Morgan fingerprint density at radius 1 is 0.966 bits per heavy atom. The third-order valence-electron chi connectivity index (χ3n) is 5.03. The van der Waals surface area contributed by atoms with Crippen molar-refractivity contribution in [3.8, 4) is 11.3 Å². The van der Waals surface area contributed by atoms with Crippen LogP contribution in [0.15, 0.2) is 60.7 Å². The number of anilines is 2. The Morgan fingerprint density at radius 3 is 2.38 bits per heavy atom. The summed E-state index contributed by atoms with van der Waals surface area (Å²) in [5.74, 6) is 0.829. The van der Waals surface area contributed by atoms with Gasteiger partial charge in [0.2, 0.25) is 0 Å². The van der Waals surface area contributed by atoms with Gasteiger partial charge in [-0.15, -0.1) is 10.2 Å². The van der Waals surface area contributed by atoms with Crippen molar-refractivity contribution in [2.75, 3.05) is 36.4 Å². The van der Waals surface area contributed by atoms with E-state index in [0.717, 1.165) is 22.6 Å². The zero-order chi connectivity index (χ0) is 20.2. The second-order valence-electron chi connectivity index (χ2n) is 7.01. The van der Waals surface area contributed by atoms with Gasteiger partial charge in [-0.3, -0.25) is 0 Å². The number of benzene rings is 2. The van der Waals surface area contributed by atoms with E-state index in [9.17, 15) is 4.79 Å². The first-order valence-electron chi connectivity index (χ1n) is 9.56. The molecule has 1 N–H and O–H groups in total. The zero-order valence-electron chi connectivity index (χ0n) is 16.2. The summed E-state index contributed by atoms with van der Waals surface area (Å²) in [7, 11) is 0. The number of hydrogen-bond donors (Lipinski definition) is 1. The first kappa shape index (κ1) is 19.2. The largest absolute Gasteiger partial charge is 0.352 e. The number of aromatic nitrogens is 2. The quantitative estimate of drug-likeness (QED) is 0.696. The number of carbonyl (C=O) groups excluding carboxylic acids is 1. The van der Waals surface area contributed by atoms with E-state index in [2.05, 4.69) is 20.4 Å². The van der Waals surface area contributed by atoms with Crippen LogP contribution in [0.25, 0.3) is 11.3 Å². The molecule has 2 heterocycles. The van der Waals surface area contributed by atoms with Crippen molar-refractivity contribution in [1.82, 2.24) is 15.1 Å². The first-order valence-corrected chi connectivity index (χ1v) is 9.94. The molecular weight excluding hydrogens is 386 g/mol. The zero-order valence-corrected chi connectivity index (χ0v) is 16.9. The Bertz CT molecular complexity index is 986. The van der Waals surface area contributed by atoms with Gasteiger partial charge < -0.3 is 15.1 Å². The molecule has 0 atom stereocenters. The molecule has 1 saturated heterocycles. The van der Waals surface area contributed by atoms with Crippen LogP contribution in [0.2, 0.25) is 5.02 Å². The summed E-state index contributed by atoms with van der Waals surface area (Å²) in [5.41, 5.74) is 3.58. The van der Waals surface area contributed by atoms with Gasteiger partial charge in [0.1, 0.15) is 0 Å². The molecule has 0 radical (unpaired) electrons. The van der Waals surface area contributed by atoms with Gasteiger partial charge in [-0.1, -0.05) is 48.0 Å². The summed E-state index contributed by atoms with van der Waals surface area (Å²) in [5, 5.41) is 12.3. The number of amides is 2. The normalized spacial score (nSPS) is 14.0. The molecule has 0 unspecified atom stereocenters. The van der Waals surface area contributed by atoms with Gasteiger partial charge in [0, 0.05) is 42.5 Å². The highest BCUT2D eigenvalue weighted by atomic mass is 35.5. The van der Waals surface area contributed by atoms with Gasteiger partial charge >= 0.3 is 6.03 Å². The summed E-state index contributed by atoms with van der Waals surface area (Å²) in [6.07, 6.45) is 0. The predicted molar refractivity (Wildman–Crippen MR) is 116 cm³/mol. The van der Waals surface area contributed by atoms with Crippen LogP contribution in [0.5, 0.6) is 0 Å². The fourth-order valence-corrected chi connectivity index (χ4v) is 3.45. The number of carbonyl (C=O) groups is 1. The number of hydrogen-bond acceptors (Lipinski definition) is 4. The number of rotatable bonds is 3. The van der Waals surface area contributed by atoms with Crippen molar-refractivity contribution in [2.45, 2.75) is 6.92 Å². The molecule has 3 aromatic rings. The minimum Gasteiger partial charge on any atom is -0.352 e. The number of halogens is 1. The van der Waals surface area contributed by atoms with Crippen LogP contribution < -0.4 is 10.2 Å². The number of nitrogens with one attached hydrogen (secondary N) is 1. The molecule has 0 spiro atoms. The Morgan fingerprint density at radius 2 is 1.72 bits per heavy atom. The average molecular weight is 408 g/mol. The lowest BCUT2D eigenvalue weighted by Gasteiger charge is -2.35. The molecular formula is C22H22ClN5O. The molecule has 0 bridgehead atoms. The molecule has 6 nitrogen and oxygen atoms in total. The van der Waals surface area contributed by atoms with Gasteiger partial charge in [-0.25, -0.2) is 4.79 Å². The number of piperazine rings is 1. The van der Waals surface area contributed by atoms with Crippen LogP contribution in [0.1, 0.15) is 5.56 Å². The minimum absolute atomic E-state index is 0.116. The van der Waals surface area contributed by atoms with Crippen molar-refractivity contribution >= 4 is 29.1 Å². The van der Waals surface area contributed by atoms with Crippen molar-refractivity contribution in [2.24, 2.45) is 0 Å². The second kappa shape index (κ2) is 8.49. The highest BCUT2D eigenvalue weighted by molar-refractivity contribution is 6.31. The van der Waals surface area contributed by atoms with Crippen molar-refractivity contribution in [3.05, 3.63) is 71.2 Å². The monoisotopic (exact) mass is 407 g/mol. The van der Waals surface area contributed by atoms with E-state index in [1.54, 1.807) is 11.0 Å². The summed E-state index contributed by atoms with van der Waals surface area (Å²) in [6, 6.07) is 19.4. The molecule has 1 aliphatic rings. The lowest BCUT2D eigenvalue weighted by molar-refractivity contribution is 0.208. The molecule has 2 aromatic carbocycles. The van der Waals surface area contributed by atoms with Crippen molar-refractivity contribution < 1.29 is 4.79 Å². The predicted octanol–water partition coefficient (Wildman–Crippen LogP) is 4.46. The molecule has 1 aliphatic heterocycles. The average Bonchev–Trinajstić information content (AvgIpc) is 2.77. The highest BCUT2D eigenvalue weighted by Crippen LogP contribution is 2.21. The number of urea groups is 1. The summed E-state index contributed by atoms with van der Waals surface area (Å²) < 4.78 is 0. The van der Waals surface area contributed by atoms with Crippen LogP contribution in [0.4, 0.5) is 16.3 Å². The topological polar surface area (TPSA) is 61.4 Å². The van der Waals surface area contributed by atoms with E-state index < -0.39 is 0 Å². The van der Waals surface area contributed by atoms with Gasteiger partial charge in [0.15, 0.2) is 5.82 Å². The van der Waals surface area contributed by atoms with E-state index in [1.165, 1.54) is 0 Å². The molecule has 7 heteroatoms. The van der Waals surface area contributed by atoms with Crippen LogP contribution >= 0.6 is 11.6 Å². The Kier molecular flexibility index (Phi) is 5.62. The smallest absolute Gasteiger partial charge is 0.321 e. The fraction of sp³-hybridized carbons (Fsp3) is 0.227. The first-order chi connectivity index (χ1) is 14.1.